The largest absolute Gasteiger partial charge is 0.397 e. The van der Waals surface area contributed by atoms with Crippen LogP contribution in [-0.2, 0) is 9.53 Å². The number of nitrogens with two attached hydrogens (primary N) is 1. The van der Waals surface area contributed by atoms with Crippen LogP contribution in [0.1, 0.15) is 18.4 Å². The summed E-state index contributed by atoms with van der Waals surface area (Å²) in [5, 5.41) is 2.98. The lowest BCUT2D eigenvalue weighted by atomic mass is 9.96. The van der Waals surface area contributed by atoms with Gasteiger partial charge in [0.05, 0.1) is 11.4 Å². The zero-order valence-corrected chi connectivity index (χ0v) is 13.6. The number of hydrogen-bond donors (Lipinski definition) is 2. The number of hydrogen-bond acceptors (Lipinski definition) is 3. The standard InChI is InChI=1S/C19H21FN2O2/c1-12-16(13-2-4-15(20)5-3-13)6-7-17(21)18(12)22-19(23)14-8-10-24-11-9-14/h2-7,14H,8-11,21H2,1H3,(H,22,23). The van der Waals surface area contributed by atoms with Crippen molar-refractivity contribution in [2.24, 2.45) is 5.92 Å². The van der Waals surface area contributed by atoms with Crippen LogP contribution in [0.5, 0.6) is 0 Å². The minimum Gasteiger partial charge on any atom is -0.397 e. The summed E-state index contributed by atoms with van der Waals surface area (Å²) >= 11 is 0. The van der Waals surface area contributed by atoms with Gasteiger partial charge >= 0.3 is 0 Å². The second-order valence-corrected chi connectivity index (χ2v) is 6.09. The van der Waals surface area contributed by atoms with Gasteiger partial charge < -0.3 is 15.8 Å². The smallest absolute Gasteiger partial charge is 0.227 e. The fourth-order valence-corrected chi connectivity index (χ4v) is 3.03. The van der Waals surface area contributed by atoms with Gasteiger partial charge in [-0.2, -0.15) is 0 Å². The highest BCUT2D eigenvalue weighted by molar-refractivity contribution is 5.98. The molecule has 0 saturated carbocycles. The van der Waals surface area contributed by atoms with Crippen LogP contribution >= 0.6 is 0 Å². The molecule has 0 unspecified atom stereocenters. The number of carbonyl (C=O) groups excluding carboxylic acids is 1. The first-order valence-electron chi connectivity index (χ1n) is 8.10. The zero-order valence-electron chi connectivity index (χ0n) is 13.6. The van der Waals surface area contributed by atoms with Crippen LogP contribution in [0.3, 0.4) is 0 Å². The lowest BCUT2D eigenvalue weighted by molar-refractivity contribution is -0.122. The van der Waals surface area contributed by atoms with Gasteiger partial charge in [0, 0.05) is 19.1 Å². The Labute approximate surface area is 140 Å². The first kappa shape index (κ1) is 16.5. The van der Waals surface area contributed by atoms with E-state index < -0.39 is 0 Å². The van der Waals surface area contributed by atoms with Gasteiger partial charge in [-0.05, 0) is 54.7 Å². The second-order valence-electron chi connectivity index (χ2n) is 6.09. The van der Waals surface area contributed by atoms with E-state index in [1.165, 1.54) is 12.1 Å². The molecule has 2 aromatic carbocycles. The SMILES string of the molecule is Cc1c(-c2ccc(F)cc2)ccc(N)c1NC(=O)C1CCOCC1. The summed E-state index contributed by atoms with van der Waals surface area (Å²) in [6.45, 7) is 3.14. The molecule has 1 heterocycles. The minimum absolute atomic E-state index is 0.0237. The van der Waals surface area contributed by atoms with E-state index >= 15 is 0 Å². The Morgan fingerprint density at radius 3 is 2.50 bits per heavy atom. The Morgan fingerprint density at radius 1 is 1.17 bits per heavy atom. The highest BCUT2D eigenvalue weighted by Gasteiger charge is 2.23. The average molecular weight is 328 g/mol. The molecule has 1 saturated heterocycles. The molecule has 3 rings (SSSR count). The van der Waals surface area contributed by atoms with E-state index in [0.29, 0.717) is 24.6 Å². The number of nitrogens with one attached hydrogen (secondary N) is 1. The molecule has 0 aliphatic carbocycles. The number of amides is 1. The van der Waals surface area contributed by atoms with Gasteiger partial charge in [-0.25, -0.2) is 4.39 Å². The molecule has 0 aromatic heterocycles. The maximum atomic E-state index is 13.1. The number of nitrogen functional groups attached to an aromatic ring is 1. The summed E-state index contributed by atoms with van der Waals surface area (Å²) < 4.78 is 18.4. The molecule has 1 amide bonds. The predicted molar refractivity (Wildman–Crippen MR) is 93.2 cm³/mol. The molecule has 0 atom stereocenters. The van der Waals surface area contributed by atoms with Gasteiger partial charge in [0.15, 0.2) is 0 Å². The van der Waals surface area contributed by atoms with Gasteiger partial charge in [0.25, 0.3) is 0 Å². The van der Waals surface area contributed by atoms with E-state index in [1.54, 1.807) is 18.2 Å². The molecular formula is C19H21FN2O2. The summed E-state index contributed by atoms with van der Waals surface area (Å²) in [5.74, 6) is -0.351. The van der Waals surface area contributed by atoms with Crippen LogP contribution in [0, 0.1) is 18.7 Å². The molecule has 0 spiro atoms. The lowest BCUT2D eigenvalue weighted by Gasteiger charge is -2.23. The van der Waals surface area contributed by atoms with E-state index in [-0.39, 0.29) is 17.6 Å². The first-order chi connectivity index (χ1) is 11.6. The topological polar surface area (TPSA) is 64.3 Å². The van der Waals surface area contributed by atoms with Crippen LogP contribution in [0.4, 0.5) is 15.8 Å². The number of halogens is 1. The van der Waals surface area contributed by atoms with Crippen LogP contribution in [-0.4, -0.2) is 19.1 Å². The quantitative estimate of drug-likeness (QED) is 0.844. The molecule has 0 bridgehead atoms. The molecule has 1 aliphatic rings. The first-order valence-corrected chi connectivity index (χ1v) is 8.10. The molecule has 1 fully saturated rings. The maximum absolute atomic E-state index is 13.1. The molecular weight excluding hydrogens is 307 g/mol. The van der Waals surface area contributed by atoms with Crippen molar-refractivity contribution in [1.29, 1.82) is 0 Å². The third kappa shape index (κ3) is 3.41. The maximum Gasteiger partial charge on any atom is 0.227 e. The van der Waals surface area contributed by atoms with Crippen LogP contribution in [0.2, 0.25) is 0 Å². The molecule has 5 heteroatoms. The summed E-state index contributed by atoms with van der Waals surface area (Å²) in [6, 6.07) is 9.94. The fourth-order valence-electron chi connectivity index (χ4n) is 3.03. The van der Waals surface area contributed by atoms with Crippen molar-refractivity contribution in [2.75, 3.05) is 24.3 Å². The number of ether oxygens (including phenoxy) is 1. The van der Waals surface area contributed by atoms with Crippen molar-refractivity contribution in [3.8, 4) is 11.1 Å². The molecule has 2 aromatic rings. The van der Waals surface area contributed by atoms with Crippen LogP contribution < -0.4 is 11.1 Å². The lowest BCUT2D eigenvalue weighted by Crippen LogP contribution is -2.29. The van der Waals surface area contributed by atoms with Crippen LogP contribution in [0.15, 0.2) is 36.4 Å². The third-order valence-corrected chi connectivity index (χ3v) is 4.49. The number of rotatable bonds is 3. The number of anilines is 2. The van der Waals surface area contributed by atoms with Crippen molar-refractivity contribution in [2.45, 2.75) is 19.8 Å². The van der Waals surface area contributed by atoms with Crippen molar-refractivity contribution in [3.63, 3.8) is 0 Å². The van der Waals surface area contributed by atoms with Crippen molar-refractivity contribution >= 4 is 17.3 Å². The molecule has 4 nitrogen and oxygen atoms in total. The Kier molecular flexibility index (Phi) is 4.81. The molecule has 1 aliphatic heterocycles. The second kappa shape index (κ2) is 7.01. The number of benzene rings is 2. The Balaban J connectivity index is 1.88. The van der Waals surface area contributed by atoms with E-state index in [9.17, 15) is 9.18 Å². The minimum atomic E-state index is -0.278. The number of carbonyl (C=O) groups is 1. The molecule has 0 radical (unpaired) electrons. The van der Waals surface area contributed by atoms with Gasteiger partial charge in [0.1, 0.15) is 5.82 Å². The van der Waals surface area contributed by atoms with E-state index in [1.807, 2.05) is 13.0 Å². The van der Waals surface area contributed by atoms with Gasteiger partial charge in [-0.1, -0.05) is 18.2 Å². The highest BCUT2D eigenvalue weighted by Crippen LogP contribution is 2.33. The molecule has 3 N–H and O–H groups in total. The monoisotopic (exact) mass is 328 g/mol. The Morgan fingerprint density at radius 2 is 1.83 bits per heavy atom. The fraction of sp³-hybridized carbons (Fsp3) is 0.316. The Hall–Kier alpha value is -2.40. The normalized spacial score (nSPS) is 15.2. The summed E-state index contributed by atoms with van der Waals surface area (Å²) in [6.07, 6.45) is 1.45. The summed E-state index contributed by atoms with van der Waals surface area (Å²) in [5.41, 5.74) is 9.91. The summed E-state index contributed by atoms with van der Waals surface area (Å²) in [4.78, 5) is 12.5. The van der Waals surface area contributed by atoms with E-state index in [0.717, 1.165) is 29.5 Å². The van der Waals surface area contributed by atoms with Crippen LogP contribution in [0.25, 0.3) is 11.1 Å². The average Bonchev–Trinajstić information content (AvgIpc) is 2.60. The van der Waals surface area contributed by atoms with Gasteiger partial charge in [-0.15, -0.1) is 0 Å². The van der Waals surface area contributed by atoms with Crippen molar-refractivity contribution in [1.82, 2.24) is 0 Å². The van der Waals surface area contributed by atoms with E-state index in [4.69, 9.17) is 10.5 Å². The third-order valence-electron chi connectivity index (χ3n) is 4.49. The molecule has 126 valence electrons. The molecule has 24 heavy (non-hydrogen) atoms. The summed E-state index contributed by atoms with van der Waals surface area (Å²) in [7, 11) is 0. The van der Waals surface area contributed by atoms with Gasteiger partial charge in [-0.3, -0.25) is 4.79 Å². The predicted octanol–water partition coefficient (Wildman–Crippen LogP) is 3.75. The zero-order chi connectivity index (χ0) is 17.1. The van der Waals surface area contributed by atoms with Crippen molar-refractivity contribution < 1.29 is 13.9 Å². The van der Waals surface area contributed by atoms with Crippen molar-refractivity contribution in [3.05, 3.63) is 47.8 Å². The van der Waals surface area contributed by atoms with E-state index in [2.05, 4.69) is 5.32 Å². The highest BCUT2D eigenvalue weighted by atomic mass is 19.1. The Bertz CT molecular complexity index is 738. The van der Waals surface area contributed by atoms with Gasteiger partial charge in [0.2, 0.25) is 5.91 Å².